The minimum absolute atomic E-state index is 0.0790. The summed E-state index contributed by atoms with van der Waals surface area (Å²) < 4.78 is 16.4. The van der Waals surface area contributed by atoms with Crippen molar-refractivity contribution in [1.82, 2.24) is 9.97 Å². The molecule has 2 aromatic carbocycles. The maximum absolute atomic E-state index is 11.7. The van der Waals surface area contributed by atoms with Crippen LogP contribution >= 0.6 is 0 Å². The van der Waals surface area contributed by atoms with Gasteiger partial charge < -0.3 is 19.1 Å². The highest BCUT2D eigenvalue weighted by atomic mass is 16.6. The van der Waals surface area contributed by atoms with Gasteiger partial charge in [0.25, 0.3) is 0 Å². The monoisotopic (exact) mass is 491 g/mol. The van der Waals surface area contributed by atoms with E-state index in [1.165, 1.54) is 0 Å². The van der Waals surface area contributed by atoms with Crippen LogP contribution in [-0.2, 0) is 19.0 Å². The Balaban J connectivity index is 1.62. The first-order valence-electron chi connectivity index (χ1n) is 12.4. The topological polar surface area (TPSA) is 73.8 Å². The average molecular weight is 492 g/mol. The first-order chi connectivity index (χ1) is 17.2. The molecule has 0 radical (unpaired) electrons. The van der Waals surface area contributed by atoms with Gasteiger partial charge in [0.15, 0.2) is 0 Å². The molecule has 3 rings (SSSR count). The predicted octanol–water partition coefficient (Wildman–Crippen LogP) is 5.40. The van der Waals surface area contributed by atoms with E-state index in [-0.39, 0.29) is 18.6 Å². The molecule has 0 aliphatic carbocycles. The number of carbonyl (C=O) groups excluding carboxylic acids is 1. The number of esters is 1. The molecule has 0 spiro atoms. The standard InChI is InChI=1S/C29H37N3O4/c1-22(2)32(16-17-34-18-19-35-21-26(33)36-29(3,4)5)25-20-30-27(23-12-8-6-9-13-23)28(31-25)24-14-10-7-11-15-24/h6-15,20,22H,16-19,21H2,1-5H3. The molecule has 36 heavy (non-hydrogen) atoms. The van der Waals surface area contributed by atoms with Crippen LogP contribution in [0.1, 0.15) is 34.6 Å². The number of rotatable bonds is 12. The summed E-state index contributed by atoms with van der Waals surface area (Å²) in [4.78, 5) is 23.8. The fourth-order valence-electron chi connectivity index (χ4n) is 3.67. The lowest BCUT2D eigenvalue weighted by Crippen LogP contribution is -2.35. The summed E-state index contributed by atoms with van der Waals surface area (Å²) in [6.07, 6.45) is 1.83. The van der Waals surface area contributed by atoms with Crippen molar-refractivity contribution >= 4 is 11.8 Å². The fraction of sp³-hybridized carbons (Fsp3) is 0.414. The van der Waals surface area contributed by atoms with Crippen LogP contribution in [0.4, 0.5) is 5.82 Å². The molecule has 0 N–H and O–H groups in total. The molecule has 192 valence electrons. The fourth-order valence-corrected chi connectivity index (χ4v) is 3.67. The third-order valence-electron chi connectivity index (χ3n) is 5.26. The predicted molar refractivity (Wildman–Crippen MR) is 143 cm³/mol. The lowest BCUT2D eigenvalue weighted by Gasteiger charge is -2.28. The van der Waals surface area contributed by atoms with Crippen molar-refractivity contribution in [3.05, 3.63) is 66.9 Å². The Bertz CT molecular complexity index is 1080. The number of ether oxygens (including phenoxy) is 3. The lowest BCUT2D eigenvalue weighted by molar-refractivity contribution is -0.160. The quantitative estimate of drug-likeness (QED) is 0.248. The van der Waals surface area contributed by atoms with Crippen LogP contribution in [0.5, 0.6) is 0 Å². The van der Waals surface area contributed by atoms with Crippen LogP contribution in [0.2, 0.25) is 0 Å². The molecule has 0 bridgehead atoms. The SMILES string of the molecule is CC(C)N(CCOCCOCC(=O)OC(C)(C)C)c1cnc(-c2ccccc2)c(-c2ccccc2)n1. The summed E-state index contributed by atoms with van der Waals surface area (Å²) in [5, 5.41) is 0. The van der Waals surface area contributed by atoms with Crippen LogP contribution < -0.4 is 4.90 Å². The Morgan fingerprint density at radius 1 is 0.861 bits per heavy atom. The Morgan fingerprint density at radius 3 is 2.03 bits per heavy atom. The molecule has 0 atom stereocenters. The van der Waals surface area contributed by atoms with Crippen molar-refractivity contribution in [3.63, 3.8) is 0 Å². The van der Waals surface area contributed by atoms with Gasteiger partial charge in [0, 0.05) is 23.7 Å². The Kier molecular flexibility index (Phi) is 9.96. The van der Waals surface area contributed by atoms with E-state index in [4.69, 9.17) is 24.2 Å². The number of nitrogens with zero attached hydrogens (tertiary/aromatic N) is 3. The van der Waals surface area contributed by atoms with Crippen molar-refractivity contribution < 1.29 is 19.0 Å². The van der Waals surface area contributed by atoms with Gasteiger partial charge in [-0.15, -0.1) is 0 Å². The van der Waals surface area contributed by atoms with Crippen LogP contribution in [0.15, 0.2) is 66.9 Å². The summed E-state index contributed by atoms with van der Waals surface area (Å²) >= 11 is 0. The molecule has 0 fully saturated rings. The van der Waals surface area contributed by atoms with Gasteiger partial charge in [-0.05, 0) is 34.6 Å². The van der Waals surface area contributed by atoms with Crippen LogP contribution in [0, 0.1) is 0 Å². The van der Waals surface area contributed by atoms with E-state index in [1.807, 2.05) is 63.4 Å². The minimum atomic E-state index is -0.514. The van der Waals surface area contributed by atoms with Gasteiger partial charge in [0.1, 0.15) is 18.0 Å². The van der Waals surface area contributed by atoms with Gasteiger partial charge in [-0.25, -0.2) is 9.78 Å². The van der Waals surface area contributed by atoms with Gasteiger partial charge in [0.2, 0.25) is 0 Å². The third-order valence-corrected chi connectivity index (χ3v) is 5.26. The van der Waals surface area contributed by atoms with E-state index in [0.717, 1.165) is 28.3 Å². The molecule has 7 nitrogen and oxygen atoms in total. The molecule has 1 aromatic heterocycles. The summed E-state index contributed by atoms with van der Waals surface area (Å²) in [5.74, 6) is 0.425. The first-order valence-corrected chi connectivity index (χ1v) is 12.4. The van der Waals surface area contributed by atoms with E-state index >= 15 is 0 Å². The Morgan fingerprint density at radius 2 is 1.44 bits per heavy atom. The molecule has 0 unspecified atom stereocenters. The van der Waals surface area contributed by atoms with Crippen molar-refractivity contribution in [2.75, 3.05) is 37.9 Å². The Hall–Kier alpha value is -3.29. The zero-order valence-corrected chi connectivity index (χ0v) is 21.9. The minimum Gasteiger partial charge on any atom is -0.458 e. The number of benzene rings is 2. The maximum Gasteiger partial charge on any atom is 0.332 e. The van der Waals surface area contributed by atoms with E-state index in [2.05, 4.69) is 43.0 Å². The number of hydrogen-bond acceptors (Lipinski definition) is 7. The second-order valence-electron chi connectivity index (χ2n) is 9.70. The molecule has 0 amide bonds. The first kappa shape index (κ1) is 27.3. The molecule has 0 saturated heterocycles. The van der Waals surface area contributed by atoms with E-state index in [1.54, 1.807) is 0 Å². The molecule has 7 heteroatoms. The third kappa shape index (κ3) is 8.43. The number of anilines is 1. The van der Waals surface area contributed by atoms with Crippen LogP contribution in [0.3, 0.4) is 0 Å². The molecule has 0 saturated carbocycles. The molecular weight excluding hydrogens is 454 g/mol. The van der Waals surface area contributed by atoms with Crippen molar-refractivity contribution in [2.24, 2.45) is 0 Å². The van der Waals surface area contributed by atoms with Gasteiger partial charge >= 0.3 is 5.97 Å². The van der Waals surface area contributed by atoms with Crippen LogP contribution in [-0.4, -0.2) is 60.6 Å². The molecule has 1 heterocycles. The van der Waals surface area contributed by atoms with Crippen molar-refractivity contribution in [2.45, 2.75) is 46.3 Å². The lowest BCUT2D eigenvalue weighted by atomic mass is 10.0. The van der Waals surface area contributed by atoms with Crippen molar-refractivity contribution in [1.29, 1.82) is 0 Å². The second kappa shape index (κ2) is 13.1. The highest BCUT2D eigenvalue weighted by Crippen LogP contribution is 2.30. The van der Waals surface area contributed by atoms with E-state index < -0.39 is 5.60 Å². The highest BCUT2D eigenvalue weighted by Gasteiger charge is 2.18. The summed E-state index contributed by atoms with van der Waals surface area (Å²) in [6.45, 7) is 11.5. The van der Waals surface area contributed by atoms with Crippen LogP contribution in [0.25, 0.3) is 22.5 Å². The van der Waals surface area contributed by atoms with Gasteiger partial charge in [-0.1, -0.05) is 60.7 Å². The zero-order chi connectivity index (χ0) is 26.0. The van der Waals surface area contributed by atoms with E-state index in [9.17, 15) is 4.79 Å². The molecule has 0 aliphatic heterocycles. The van der Waals surface area contributed by atoms with Gasteiger partial charge in [0.05, 0.1) is 37.4 Å². The van der Waals surface area contributed by atoms with Crippen molar-refractivity contribution in [3.8, 4) is 22.5 Å². The van der Waals surface area contributed by atoms with Gasteiger partial charge in [-0.3, -0.25) is 4.98 Å². The molecular formula is C29H37N3O4. The molecule has 3 aromatic rings. The smallest absolute Gasteiger partial charge is 0.332 e. The summed E-state index contributed by atoms with van der Waals surface area (Å²) in [6, 6.07) is 20.5. The number of aromatic nitrogens is 2. The molecule has 0 aliphatic rings. The summed E-state index contributed by atoms with van der Waals surface area (Å²) in [7, 11) is 0. The largest absolute Gasteiger partial charge is 0.458 e. The second-order valence-corrected chi connectivity index (χ2v) is 9.70. The Labute approximate surface area is 214 Å². The zero-order valence-electron chi connectivity index (χ0n) is 21.9. The number of carbonyl (C=O) groups is 1. The summed E-state index contributed by atoms with van der Waals surface area (Å²) in [5.41, 5.74) is 3.24. The number of hydrogen-bond donors (Lipinski definition) is 0. The van der Waals surface area contributed by atoms with Gasteiger partial charge in [-0.2, -0.15) is 0 Å². The average Bonchev–Trinajstić information content (AvgIpc) is 2.85. The van der Waals surface area contributed by atoms with E-state index in [0.29, 0.717) is 26.4 Å². The maximum atomic E-state index is 11.7. The normalized spacial score (nSPS) is 11.5. The highest BCUT2D eigenvalue weighted by molar-refractivity contribution is 5.78.